The number of nitrogens with one attached hydrogen (secondary N) is 1. The Kier molecular flexibility index (Phi) is 5.94. The fourth-order valence-corrected chi connectivity index (χ4v) is 3.54. The Hall–Kier alpha value is -1.78. The van der Waals surface area contributed by atoms with Crippen LogP contribution in [0.5, 0.6) is 0 Å². The largest absolute Gasteiger partial charge is 0.330 e. The van der Waals surface area contributed by atoms with Crippen molar-refractivity contribution in [3.8, 4) is 0 Å². The van der Waals surface area contributed by atoms with E-state index in [9.17, 15) is 0 Å². The minimum absolute atomic E-state index is 0.350. The van der Waals surface area contributed by atoms with Crippen molar-refractivity contribution in [1.82, 2.24) is 15.3 Å². The van der Waals surface area contributed by atoms with Crippen molar-refractivity contribution in [2.45, 2.75) is 57.5 Å². The molecule has 24 heavy (non-hydrogen) atoms. The summed E-state index contributed by atoms with van der Waals surface area (Å²) in [5.41, 5.74) is 10.7. The molecule has 2 atom stereocenters. The van der Waals surface area contributed by atoms with Gasteiger partial charge in [-0.3, -0.25) is 9.97 Å². The molecule has 128 valence electrons. The summed E-state index contributed by atoms with van der Waals surface area (Å²) in [4.78, 5) is 9.23. The summed E-state index contributed by atoms with van der Waals surface area (Å²) in [6, 6.07) is 9.28. The number of pyridine rings is 2. The van der Waals surface area contributed by atoms with Gasteiger partial charge in [-0.05, 0) is 68.8 Å². The van der Waals surface area contributed by atoms with Crippen LogP contribution in [0.25, 0.3) is 0 Å². The summed E-state index contributed by atoms with van der Waals surface area (Å²) in [5.74, 6) is 0. The predicted molar refractivity (Wildman–Crippen MR) is 97.8 cm³/mol. The topological polar surface area (TPSA) is 63.8 Å². The van der Waals surface area contributed by atoms with Gasteiger partial charge in [-0.1, -0.05) is 12.1 Å². The Balaban J connectivity index is 1.71. The Labute approximate surface area is 144 Å². The molecule has 0 saturated heterocycles. The summed E-state index contributed by atoms with van der Waals surface area (Å²) in [6.45, 7) is 2.81. The van der Waals surface area contributed by atoms with E-state index in [-0.39, 0.29) is 0 Å². The molecule has 2 aromatic heterocycles. The first-order valence-electron chi connectivity index (χ1n) is 9.07. The maximum atomic E-state index is 5.74. The Bertz CT molecular complexity index is 638. The molecule has 0 spiro atoms. The molecule has 0 radical (unpaired) electrons. The highest BCUT2D eigenvalue weighted by atomic mass is 15.0. The fraction of sp³-hybridized carbons (Fsp3) is 0.500. The Morgan fingerprint density at radius 1 is 1.29 bits per heavy atom. The predicted octanol–water partition coefficient (Wildman–Crippen LogP) is 3.10. The standard InChI is InChI=1S/C20H28N4/c1-15-9-10-17(23-14-15)13-18(7-3-11-21)24-19-8-2-5-16-6-4-12-22-20(16)19/h4,6,9-10,12,14,18-19,24H,2-3,5,7-8,11,13,21H2,1H3. The highest BCUT2D eigenvalue weighted by Crippen LogP contribution is 2.28. The molecule has 0 bridgehead atoms. The lowest BCUT2D eigenvalue weighted by atomic mass is 9.90. The average molecular weight is 324 g/mol. The van der Waals surface area contributed by atoms with Gasteiger partial charge in [-0.2, -0.15) is 0 Å². The zero-order chi connectivity index (χ0) is 16.8. The Morgan fingerprint density at radius 2 is 2.21 bits per heavy atom. The molecule has 4 heteroatoms. The Morgan fingerprint density at radius 3 is 3.00 bits per heavy atom. The van der Waals surface area contributed by atoms with E-state index < -0.39 is 0 Å². The smallest absolute Gasteiger partial charge is 0.0605 e. The van der Waals surface area contributed by atoms with E-state index in [1.807, 2.05) is 18.5 Å². The first-order chi connectivity index (χ1) is 11.8. The lowest BCUT2D eigenvalue weighted by molar-refractivity contribution is 0.365. The lowest BCUT2D eigenvalue weighted by Crippen LogP contribution is -2.37. The zero-order valence-electron chi connectivity index (χ0n) is 14.5. The summed E-state index contributed by atoms with van der Waals surface area (Å²) < 4.78 is 0. The molecule has 0 aromatic carbocycles. The number of hydrogen-bond donors (Lipinski definition) is 2. The second-order valence-corrected chi connectivity index (χ2v) is 6.82. The van der Waals surface area contributed by atoms with E-state index in [0.717, 1.165) is 44.3 Å². The second-order valence-electron chi connectivity index (χ2n) is 6.82. The number of hydrogen-bond acceptors (Lipinski definition) is 4. The van der Waals surface area contributed by atoms with Crippen LogP contribution in [-0.4, -0.2) is 22.6 Å². The van der Waals surface area contributed by atoms with Crippen LogP contribution in [0.4, 0.5) is 0 Å². The summed E-state index contributed by atoms with van der Waals surface area (Å²) in [6.07, 6.45) is 10.4. The minimum atomic E-state index is 0.350. The van der Waals surface area contributed by atoms with Gasteiger partial charge in [0.15, 0.2) is 0 Å². The van der Waals surface area contributed by atoms with E-state index >= 15 is 0 Å². The summed E-state index contributed by atoms with van der Waals surface area (Å²) in [7, 11) is 0. The number of nitrogens with zero attached hydrogens (tertiary/aromatic N) is 2. The maximum absolute atomic E-state index is 5.74. The van der Waals surface area contributed by atoms with E-state index in [0.29, 0.717) is 12.1 Å². The fourth-order valence-electron chi connectivity index (χ4n) is 3.54. The molecule has 3 N–H and O–H groups in total. The van der Waals surface area contributed by atoms with Crippen molar-refractivity contribution in [2.75, 3.05) is 6.54 Å². The SMILES string of the molecule is Cc1ccc(CC(CCCN)NC2CCCc3cccnc32)nc1. The summed E-state index contributed by atoms with van der Waals surface area (Å²) >= 11 is 0. The number of nitrogens with two attached hydrogens (primary N) is 1. The van der Waals surface area contributed by atoms with Gasteiger partial charge >= 0.3 is 0 Å². The van der Waals surface area contributed by atoms with Gasteiger partial charge < -0.3 is 11.1 Å². The maximum Gasteiger partial charge on any atom is 0.0605 e. The number of rotatable bonds is 7. The van der Waals surface area contributed by atoms with Crippen LogP contribution in [0.3, 0.4) is 0 Å². The van der Waals surface area contributed by atoms with Gasteiger partial charge in [0, 0.05) is 36.6 Å². The van der Waals surface area contributed by atoms with Gasteiger partial charge in [-0.25, -0.2) is 0 Å². The van der Waals surface area contributed by atoms with E-state index in [1.165, 1.54) is 23.2 Å². The average Bonchev–Trinajstić information content (AvgIpc) is 2.62. The van der Waals surface area contributed by atoms with Gasteiger partial charge in [0.05, 0.1) is 5.69 Å². The van der Waals surface area contributed by atoms with Crippen LogP contribution in [-0.2, 0) is 12.8 Å². The molecule has 2 unspecified atom stereocenters. The van der Waals surface area contributed by atoms with Gasteiger partial charge in [0.2, 0.25) is 0 Å². The van der Waals surface area contributed by atoms with Crippen molar-refractivity contribution in [1.29, 1.82) is 0 Å². The molecular weight excluding hydrogens is 296 g/mol. The normalized spacial score (nSPS) is 18.2. The van der Waals surface area contributed by atoms with E-state index in [1.54, 1.807) is 0 Å². The minimum Gasteiger partial charge on any atom is -0.330 e. The first kappa shape index (κ1) is 17.1. The van der Waals surface area contributed by atoms with E-state index in [2.05, 4.69) is 40.4 Å². The third-order valence-electron chi connectivity index (χ3n) is 4.82. The van der Waals surface area contributed by atoms with Crippen molar-refractivity contribution in [2.24, 2.45) is 5.73 Å². The number of aryl methyl sites for hydroxylation is 2. The number of aromatic nitrogens is 2. The monoisotopic (exact) mass is 324 g/mol. The van der Waals surface area contributed by atoms with Gasteiger partial charge in [0.25, 0.3) is 0 Å². The third-order valence-corrected chi connectivity index (χ3v) is 4.82. The van der Waals surface area contributed by atoms with Crippen LogP contribution in [0.2, 0.25) is 0 Å². The molecule has 3 rings (SSSR count). The second kappa shape index (κ2) is 8.36. The highest BCUT2D eigenvalue weighted by Gasteiger charge is 2.24. The molecule has 0 saturated carbocycles. The summed E-state index contributed by atoms with van der Waals surface area (Å²) in [5, 5.41) is 3.85. The van der Waals surface area contributed by atoms with Crippen molar-refractivity contribution in [3.05, 3.63) is 59.2 Å². The zero-order valence-corrected chi connectivity index (χ0v) is 14.5. The van der Waals surface area contributed by atoms with Crippen molar-refractivity contribution < 1.29 is 0 Å². The van der Waals surface area contributed by atoms with Crippen LogP contribution in [0.1, 0.15) is 54.2 Å². The molecule has 0 fully saturated rings. The third kappa shape index (κ3) is 4.40. The molecular formula is C20H28N4. The lowest BCUT2D eigenvalue weighted by Gasteiger charge is -2.29. The van der Waals surface area contributed by atoms with Crippen LogP contribution in [0, 0.1) is 6.92 Å². The highest BCUT2D eigenvalue weighted by molar-refractivity contribution is 5.25. The molecule has 1 aliphatic rings. The van der Waals surface area contributed by atoms with Crippen molar-refractivity contribution in [3.63, 3.8) is 0 Å². The molecule has 1 aliphatic carbocycles. The number of fused-ring (bicyclic) bond motifs is 1. The van der Waals surface area contributed by atoms with Gasteiger partial charge in [-0.15, -0.1) is 0 Å². The van der Waals surface area contributed by atoms with Crippen LogP contribution in [0.15, 0.2) is 36.7 Å². The van der Waals surface area contributed by atoms with Crippen molar-refractivity contribution >= 4 is 0 Å². The molecule has 2 aromatic rings. The van der Waals surface area contributed by atoms with Crippen LogP contribution < -0.4 is 11.1 Å². The van der Waals surface area contributed by atoms with Gasteiger partial charge in [0.1, 0.15) is 0 Å². The molecule has 4 nitrogen and oxygen atoms in total. The molecule has 2 heterocycles. The first-order valence-corrected chi connectivity index (χ1v) is 9.07. The molecule has 0 aliphatic heterocycles. The molecule has 0 amide bonds. The van der Waals surface area contributed by atoms with Crippen LogP contribution >= 0.6 is 0 Å². The van der Waals surface area contributed by atoms with E-state index in [4.69, 9.17) is 5.73 Å². The quantitative estimate of drug-likeness (QED) is 0.821.